The van der Waals surface area contributed by atoms with E-state index in [4.69, 9.17) is 9.47 Å². The van der Waals surface area contributed by atoms with Crippen LogP contribution in [0.4, 0.5) is 5.69 Å². The highest BCUT2D eigenvalue weighted by molar-refractivity contribution is 9.10. The van der Waals surface area contributed by atoms with E-state index in [0.717, 1.165) is 0 Å². The summed E-state index contributed by atoms with van der Waals surface area (Å²) in [5.74, 6) is 0.120. The Hall–Kier alpha value is -1.67. The van der Waals surface area contributed by atoms with E-state index >= 15 is 0 Å². The first kappa shape index (κ1) is 15.7. The van der Waals surface area contributed by atoms with Gasteiger partial charge in [-0.1, -0.05) is 0 Å². The molecule has 0 aromatic heterocycles. The number of carbonyl (C=O) groups is 1. The van der Waals surface area contributed by atoms with Gasteiger partial charge in [0.1, 0.15) is 5.75 Å². The molecule has 1 aliphatic rings. The summed E-state index contributed by atoms with van der Waals surface area (Å²) >= 11 is 3.26. The molecular weight excluding hydrogens is 344 g/mol. The number of ether oxygens (including phenoxy) is 2. The lowest BCUT2D eigenvalue weighted by Gasteiger charge is -2.29. The van der Waals surface area contributed by atoms with Gasteiger partial charge in [0.25, 0.3) is 11.6 Å². The van der Waals surface area contributed by atoms with Gasteiger partial charge in [0.05, 0.1) is 28.7 Å². The number of nitrogens with zero attached hydrogens (tertiary/aromatic N) is 2. The highest BCUT2D eigenvalue weighted by atomic mass is 79.9. The molecule has 1 saturated heterocycles. The van der Waals surface area contributed by atoms with Crippen molar-refractivity contribution in [3.05, 3.63) is 32.8 Å². The van der Waals surface area contributed by atoms with E-state index in [2.05, 4.69) is 15.9 Å². The number of hydrogen-bond acceptors (Lipinski definition) is 5. The van der Waals surface area contributed by atoms with Crippen molar-refractivity contribution in [2.45, 2.75) is 13.0 Å². The Bertz CT molecular complexity index is 545. The van der Waals surface area contributed by atoms with E-state index in [1.807, 2.05) is 0 Å². The number of benzene rings is 1. The third kappa shape index (κ3) is 3.92. The van der Waals surface area contributed by atoms with Crippen molar-refractivity contribution in [2.24, 2.45) is 0 Å². The third-order valence-corrected chi connectivity index (χ3v) is 3.75. The van der Waals surface area contributed by atoms with Gasteiger partial charge in [-0.25, -0.2) is 0 Å². The van der Waals surface area contributed by atoms with Crippen molar-refractivity contribution in [1.29, 1.82) is 0 Å². The second kappa shape index (κ2) is 6.86. The van der Waals surface area contributed by atoms with Crippen LogP contribution in [-0.4, -0.2) is 48.1 Å². The molecule has 0 N–H and O–H groups in total. The van der Waals surface area contributed by atoms with Crippen molar-refractivity contribution in [2.75, 3.05) is 26.3 Å². The lowest BCUT2D eigenvalue weighted by molar-refractivity contribution is -0.385. The zero-order valence-electron chi connectivity index (χ0n) is 11.5. The molecule has 2 rings (SSSR count). The molecular formula is C13H15BrN2O5. The molecule has 1 amide bonds. The van der Waals surface area contributed by atoms with Gasteiger partial charge in [0, 0.05) is 19.2 Å². The van der Waals surface area contributed by atoms with Gasteiger partial charge in [0.15, 0.2) is 6.10 Å². The van der Waals surface area contributed by atoms with E-state index in [1.165, 1.54) is 18.2 Å². The maximum atomic E-state index is 12.2. The predicted octanol–water partition coefficient (Wildman–Crippen LogP) is 1.98. The first-order chi connectivity index (χ1) is 9.99. The van der Waals surface area contributed by atoms with Crippen LogP contribution in [0, 0.1) is 10.1 Å². The van der Waals surface area contributed by atoms with Gasteiger partial charge in [-0.2, -0.15) is 0 Å². The summed E-state index contributed by atoms with van der Waals surface area (Å²) in [7, 11) is 0. The zero-order valence-corrected chi connectivity index (χ0v) is 13.0. The monoisotopic (exact) mass is 358 g/mol. The minimum absolute atomic E-state index is 0.0841. The third-order valence-electron chi connectivity index (χ3n) is 3.10. The molecule has 0 bridgehead atoms. The molecule has 1 aromatic carbocycles. The molecule has 0 aliphatic carbocycles. The maximum Gasteiger partial charge on any atom is 0.273 e. The zero-order chi connectivity index (χ0) is 15.4. The number of non-ortho nitro benzene ring substituents is 1. The first-order valence-electron chi connectivity index (χ1n) is 6.46. The van der Waals surface area contributed by atoms with Crippen LogP contribution in [0.5, 0.6) is 5.75 Å². The lowest BCUT2D eigenvalue weighted by Crippen LogP contribution is -2.46. The number of morpholine rings is 1. The highest BCUT2D eigenvalue weighted by Gasteiger charge is 2.24. The Labute approximate surface area is 130 Å². The molecule has 1 atom stereocenters. The van der Waals surface area contributed by atoms with Crippen molar-refractivity contribution in [1.82, 2.24) is 4.90 Å². The predicted molar refractivity (Wildman–Crippen MR) is 78.3 cm³/mol. The van der Waals surface area contributed by atoms with Crippen molar-refractivity contribution in [3.63, 3.8) is 0 Å². The maximum absolute atomic E-state index is 12.2. The fourth-order valence-corrected chi connectivity index (χ4v) is 2.32. The van der Waals surface area contributed by atoms with E-state index in [-0.39, 0.29) is 17.3 Å². The van der Waals surface area contributed by atoms with Crippen LogP contribution in [0.15, 0.2) is 22.7 Å². The molecule has 21 heavy (non-hydrogen) atoms. The molecule has 0 radical (unpaired) electrons. The van der Waals surface area contributed by atoms with Gasteiger partial charge in [-0.3, -0.25) is 14.9 Å². The number of nitro benzene ring substituents is 1. The van der Waals surface area contributed by atoms with Crippen LogP contribution in [0.25, 0.3) is 0 Å². The van der Waals surface area contributed by atoms with Gasteiger partial charge in [-0.15, -0.1) is 0 Å². The first-order valence-corrected chi connectivity index (χ1v) is 7.25. The van der Waals surface area contributed by atoms with Gasteiger partial charge in [-0.05, 0) is 28.9 Å². The van der Waals surface area contributed by atoms with Crippen LogP contribution in [0.2, 0.25) is 0 Å². The quantitative estimate of drug-likeness (QED) is 0.607. The Morgan fingerprint density at radius 3 is 2.76 bits per heavy atom. The molecule has 1 unspecified atom stereocenters. The van der Waals surface area contributed by atoms with Crippen LogP contribution in [-0.2, 0) is 9.53 Å². The summed E-state index contributed by atoms with van der Waals surface area (Å²) in [6.45, 7) is 3.71. The van der Waals surface area contributed by atoms with Crippen molar-refractivity contribution < 1.29 is 19.2 Å². The molecule has 1 fully saturated rings. The molecule has 1 heterocycles. The number of carbonyl (C=O) groups excluding carboxylic acids is 1. The average Bonchev–Trinajstić information content (AvgIpc) is 2.49. The molecule has 8 heteroatoms. The summed E-state index contributed by atoms with van der Waals surface area (Å²) in [6.07, 6.45) is -0.721. The summed E-state index contributed by atoms with van der Waals surface area (Å²) < 4.78 is 11.3. The van der Waals surface area contributed by atoms with Crippen LogP contribution in [0.3, 0.4) is 0 Å². The molecule has 0 saturated carbocycles. The number of amides is 1. The molecule has 0 spiro atoms. The highest BCUT2D eigenvalue weighted by Crippen LogP contribution is 2.30. The van der Waals surface area contributed by atoms with Crippen LogP contribution >= 0.6 is 15.9 Å². The van der Waals surface area contributed by atoms with E-state index < -0.39 is 11.0 Å². The number of hydrogen-bond donors (Lipinski definition) is 0. The minimum Gasteiger partial charge on any atom is -0.479 e. The summed E-state index contributed by atoms with van der Waals surface area (Å²) in [5.41, 5.74) is -0.0841. The van der Waals surface area contributed by atoms with Crippen molar-refractivity contribution in [3.8, 4) is 5.75 Å². The van der Waals surface area contributed by atoms with Crippen molar-refractivity contribution >= 4 is 27.5 Å². The topological polar surface area (TPSA) is 81.9 Å². The Balaban J connectivity index is 2.07. The fourth-order valence-electron chi connectivity index (χ4n) is 1.98. The van der Waals surface area contributed by atoms with Gasteiger partial charge < -0.3 is 14.4 Å². The van der Waals surface area contributed by atoms with E-state index in [9.17, 15) is 14.9 Å². The van der Waals surface area contributed by atoms with Gasteiger partial charge >= 0.3 is 0 Å². The number of halogens is 1. The van der Waals surface area contributed by atoms with Crippen LogP contribution in [0.1, 0.15) is 6.92 Å². The van der Waals surface area contributed by atoms with E-state index in [0.29, 0.717) is 30.8 Å². The minimum atomic E-state index is -0.721. The second-order valence-electron chi connectivity index (χ2n) is 4.57. The molecule has 114 valence electrons. The lowest BCUT2D eigenvalue weighted by atomic mass is 10.2. The van der Waals surface area contributed by atoms with Gasteiger partial charge in [0.2, 0.25) is 0 Å². The summed E-state index contributed by atoms with van der Waals surface area (Å²) in [5, 5.41) is 10.8. The normalized spacial score (nSPS) is 16.4. The molecule has 7 nitrogen and oxygen atoms in total. The second-order valence-corrected chi connectivity index (χ2v) is 5.42. The number of rotatable bonds is 4. The number of nitro groups is 1. The Morgan fingerprint density at radius 1 is 1.48 bits per heavy atom. The summed E-state index contributed by atoms with van der Waals surface area (Å²) in [6, 6.07) is 4.19. The molecule has 1 aromatic rings. The largest absolute Gasteiger partial charge is 0.479 e. The molecule has 1 aliphatic heterocycles. The summed E-state index contributed by atoms with van der Waals surface area (Å²) in [4.78, 5) is 24.2. The van der Waals surface area contributed by atoms with E-state index in [1.54, 1.807) is 11.8 Å². The Kier molecular flexibility index (Phi) is 5.13. The Morgan fingerprint density at radius 2 is 2.14 bits per heavy atom. The fraction of sp³-hybridized carbons (Fsp3) is 0.462. The average molecular weight is 359 g/mol. The van der Waals surface area contributed by atoms with Crippen LogP contribution < -0.4 is 4.74 Å². The SMILES string of the molecule is CC(Oc1cc([N+](=O)[O-])ccc1Br)C(=O)N1CCOCC1. The smallest absolute Gasteiger partial charge is 0.273 e. The standard InChI is InChI=1S/C13H15BrN2O5/c1-9(13(17)15-4-6-20-7-5-15)21-12-8-10(16(18)19)2-3-11(12)14/h2-3,8-9H,4-7H2,1H3.